The molecule has 0 saturated carbocycles. The topological polar surface area (TPSA) is 76.1 Å². The first-order valence-electron chi connectivity index (χ1n) is 8.46. The van der Waals surface area contributed by atoms with Crippen LogP contribution in [0, 0.1) is 6.92 Å². The Kier molecular flexibility index (Phi) is 5.88. The maximum atomic E-state index is 12.7. The highest BCUT2D eigenvalue weighted by Gasteiger charge is 2.13. The van der Waals surface area contributed by atoms with E-state index in [1.807, 2.05) is 31.2 Å². The van der Waals surface area contributed by atoms with E-state index in [-0.39, 0.29) is 11.6 Å². The zero-order valence-electron chi connectivity index (χ0n) is 15.0. The Bertz CT molecular complexity index is 962. The molecule has 3 rings (SSSR count). The summed E-state index contributed by atoms with van der Waals surface area (Å²) in [6.07, 6.45) is 0. The number of rotatable bonds is 6. The van der Waals surface area contributed by atoms with Gasteiger partial charge >= 0.3 is 0 Å². The fourth-order valence-corrected chi connectivity index (χ4v) is 2.69. The minimum absolute atomic E-state index is 0.248. The second kappa shape index (κ2) is 8.51. The molecule has 1 aromatic heterocycles. The van der Waals surface area contributed by atoms with Gasteiger partial charge in [-0.1, -0.05) is 29.8 Å². The fraction of sp³-hybridized carbons (Fsp3) is 0.150. The standard InChI is InChI=1S/C20H19ClN4O2/c1-3-27-18-10-5-4-9-16(18)25-20(26)17-12-19(23-13(2)22-17)24-15-8-6-7-14(21)11-15/h4-12H,3H2,1-2H3,(H,25,26)(H,22,23,24). The van der Waals surface area contributed by atoms with Crippen LogP contribution in [-0.2, 0) is 0 Å². The average Bonchev–Trinajstić information content (AvgIpc) is 2.63. The minimum atomic E-state index is -0.346. The van der Waals surface area contributed by atoms with E-state index < -0.39 is 0 Å². The van der Waals surface area contributed by atoms with Crippen LogP contribution in [0.1, 0.15) is 23.2 Å². The number of nitrogens with one attached hydrogen (secondary N) is 2. The summed E-state index contributed by atoms with van der Waals surface area (Å²) in [4.78, 5) is 21.2. The largest absolute Gasteiger partial charge is 0.492 e. The molecule has 0 aliphatic rings. The number of aromatic nitrogens is 2. The maximum absolute atomic E-state index is 12.7. The molecule has 0 atom stereocenters. The number of hydrogen-bond donors (Lipinski definition) is 2. The van der Waals surface area contributed by atoms with Crippen molar-refractivity contribution >= 4 is 34.7 Å². The van der Waals surface area contributed by atoms with Crippen molar-refractivity contribution in [3.05, 3.63) is 71.1 Å². The molecular formula is C20H19ClN4O2. The number of amides is 1. The summed E-state index contributed by atoms with van der Waals surface area (Å²) in [5, 5.41) is 6.58. The van der Waals surface area contributed by atoms with E-state index in [1.54, 1.807) is 37.3 Å². The van der Waals surface area contributed by atoms with Crippen molar-refractivity contribution in [3.63, 3.8) is 0 Å². The molecule has 0 radical (unpaired) electrons. The van der Waals surface area contributed by atoms with Gasteiger partial charge in [0.2, 0.25) is 0 Å². The first kappa shape index (κ1) is 18.7. The molecule has 0 aliphatic heterocycles. The van der Waals surface area contributed by atoms with Crippen molar-refractivity contribution in [2.24, 2.45) is 0 Å². The number of benzene rings is 2. The lowest BCUT2D eigenvalue weighted by molar-refractivity contribution is 0.102. The van der Waals surface area contributed by atoms with Crippen molar-refractivity contribution in [2.45, 2.75) is 13.8 Å². The van der Waals surface area contributed by atoms with E-state index >= 15 is 0 Å². The quantitative estimate of drug-likeness (QED) is 0.638. The van der Waals surface area contributed by atoms with Gasteiger partial charge in [-0.3, -0.25) is 4.79 Å². The van der Waals surface area contributed by atoms with Crippen molar-refractivity contribution in [2.75, 3.05) is 17.2 Å². The van der Waals surface area contributed by atoms with E-state index in [4.69, 9.17) is 16.3 Å². The van der Waals surface area contributed by atoms with Crippen LogP contribution in [0.5, 0.6) is 5.75 Å². The molecule has 3 aromatic rings. The molecule has 0 fully saturated rings. The monoisotopic (exact) mass is 382 g/mol. The Morgan fingerprint density at radius 1 is 1.11 bits per heavy atom. The van der Waals surface area contributed by atoms with Crippen LogP contribution in [0.25, 0.3) is 0 Å². The number of aryl methyl sites for hydroxylation is 1. The summed E-state index contributed by atoms with van der Waals surface area (Å²) in [5.74, 6) is 1.25. The highest BCUT2D eigenvalue weighted by molar-refractivity contribution is 6.30. The average molecular weight is 383 g/mol. The van der Waals surface area contributed by atoms with Crippen LogP contribution >= 0.6 is 11.6 Å². The normalized spacial score (nSPS) is 10.3. The molecule has 1 heterocycles. The lowest BCUT2D eigenvalue weighted by atomic mass is 10.2. The molecule has 27 heavy (non-hydrogen) atoms. The lowest BCUT2D eigenvalue weighted by Gasteiger charge is -2.12. The van der Waals surface area contributed by atoms with Gasteiger partial charge in [0.05, 0.1) is 12.3 Å². The van der Waals surface area contributed by atoms with Crippen LogP contribution in [-0.4, -0.2) is 22.5 Å². The van der Waals surface area contributed by atoms with Gasteiger partial charge in [0, 0.05) is 16.8 Å². The Labute approximate surface area is 162 Å². The predicted molar refractivity (Wildman–Crippen MR) is 107 cm³/mol. The SMILES string of the molecule is CCOc1ccccc1NC(=O)c1cc(Nc2cccc(Cl)c2)nc(C)n1. The minimum Gasteiger partial charge on any atom is -0.492 e. The molecule has 1 amide bonds. The van der Waals surface area contributed by atoms with Crippen LogP contribution in [0.3, 0.4) is 0 Å². The second-order valence-electron chi connectivity index (χ2n) is 5.70. The Hall–Kier alpha value is -3.12. The molecule has 2 aromatic carbocycles. The third-order valence-corrected chi connectivity index (χ3v) is 3.84. The van der Waals surface area contributed by atoms with E-state index in [9.17, 15) is 4.79 Å². The Morgan fingerprint density at radius 2 is 1.93 bits per heavy atom. The van der Waals surface area contributed by atoms with Gasteiger partial charge in [0.15, 0.2) is 0 Å². The third-order valence-electron chi connectivity index (χ3n) is 3.60. The molecule has 0 aliphatic carbocycles. The van der Waals surface area contributed by atoms with Crippen molar-refractivity contribution in [3.8, 4) is 5.75 Å². The molecule has 0 bridgehead atoms. The van der Waals surface area contributed by atoms with Gasteiger partial charge in [0.1, 0.15) is 23.1 Å². The van der Waals surface area contributed by atoms with E-state index in [1.165, 1.54) is 0 Å². The maximum Gasteiger partial charge on any atom is 0.274 e. The summed E-state index contributed by atoms with van der Waals surface area (Å²) in [7, 11) is 0. The molecular weight excluding hydrogens is 364 g/mol. The van der Waals surface area contributed by atoms with Gasteiger partial charge in [0.25, 0.3) is 5.91 Å². The molecule has 138 valence electrons. The van der Waals surface area contributed by atoms with Crippen LogP contribution in [0.4, 0.5) is 17.2 Å². The predicted octanol–water partition coefficient (Wildman–Crippen LogP) is 4.83. The number of halogens is 1. The van der Waals surface area contributed by atoms with Gasteiger partial charge in [-0.15, -0.1) is 0 Å². The number of ether oxygens (including phenoxy) is 1. The number of carbonyl (C=O) groups excluding carboxylic acids is 1. The van der Waals surface area contributed by atoms with Crippen molar-refractivity contribution < 1.29 is 9.53 Å². The summed E-state index contributed by atoms with van der Waals surface area (Å²) in [6.45, 7) is 4.13. The third kappa shape index (κ3) is 4.95. The molecule has 2 N–H and O–H groups in total. The zero-order valence-corrected chi connectivity index (χ0v) is 15.7. The second-order valence-corrected chi connectivity index (χ2v) is 6.14. The smallest absolute Gasteiger partial charge is 0.274 e. The van der Waals surface area contributed by atoms with Gasteiger partial charge in [-0.2, -0.15) is 0 Å². The molecule has 0 saturated heterocycles. The number of nitrogens with zero attached hydrogens (tertiary/aromatic N) is 2. The summed E-state index contributed by atoms with van der Waals surface area (Å²) in [5.41, 5.74) is 1.61. The summed E-state index contributed by atoms with van der Waals surface area (Å²) < 4.78 is 5.54. The first-order valence-corrected chi connectivity index (χ1v) is 8.84. The first-order chi connectivity index (χ1) is 13.0. The van der Waals surface area contributed by atoms with Gasteiger partial charge < -0.3 is 15.4 Å². The van der Waals surface area contributed by atoms with Gasteiger partial charge in [-0.25, -0.2) is 9.97 Å². The Morgan fingerprint density at radius 3 is 2.70 bits per heavy atom. The van der Waals surface area contributed by atoms with Crippen LogP contribution in [0.2, 0.25) is 5.02 Å². The summed E-state index contributed by atoms with van der Waals surface area (Å²) >= 11 is 6.01. The van der Waals surface area contributed by atoms with E-state index in [0.717, 1.165) is 5.69 Å². The highest BCUT2D eigenvalue weighted by atomic mass is 35.5. The van der Waals surface area contributed by atoms with Crippen molar-refractivity contribution in [1.82, 2.24) is 9.97 Å². The van der Waals surface area contributed by atoms with Crippen molar-refractivity contribution in [1.29, 1.82) is 0 Å². The molecule has 0 spiro atoms. The van der Waals surface area contributed by atoms with Gasteiger partial charge in [-0.05, 0) is 44.2 Å². The number of anilines is 3. The summed E-state index contributed by atoms with van der Waals surface area (Å²) in [6, 6.07) is 16.1. The van der Waals surface area contributed by atoms with E-state index in [2.05, 4.69) is 20.6 Å². The molecule has 0 unspecified atom stereocenters. The highest BCUT2D eigenvalue weighted by Crippen LogP contribution is 2.25. The van der Waals surface area contributed by atoms with Crippen LogP contribution in [0.15, 0.2) is 54.6 Å². The lowest BCUT2D eigenvalue weighted by Crippen LogP contribution is -2.16. The van der Waals surface area contributed by atoms with E-state index in [0.29, 0.717) is 34.7 Å². The Balaban J connectivity index is 1.82. The van der Waals surface area contributed by atoms with Crippen LogP contribution < -0.4 is 15.4 Å². The fourth-order valence-electron chi connectivity index (χ4n) is 2.50. The number of hydrogen-bond acceptors (Lipinski definition) is 5. The molecule has 6 nitrogen and oxygen atoms in total. The zero-order chi connectivity index (χ0) is 19.2. The molecule has 7 heteroatoms. The number of carbonyl (C=O) groups is 1. The number of para-hydroxylation sites is 2.